The van der Waals surface area contributed by atoms with E-state index in [9.17, 15) is 4.79 Å². The van der Waals surface area contributed by atoms with Gasteiger partial charge in [0.15, 0.2) is 0 Å². The van der Waals surface area contributed by atoms with E-state index < -0.39 is 0 Å². The van der Waals surface area contributed by atoms with E-state index in [-0.39, 0.29) is 5.91 Å². The van der Waals surface area contributed by atoms with Crippen LogP contribution in [0.25, 0.3) is 0 Å². The predicted molar refractivity (Wildman–Crippen MR) is 86.0 cm³/mol. The second kappa shape index (κ2) is 7.02. The van der Waals surface area contributed by atoms with Crippen molar-refractivity contribution in [2.24, 2.45) is 0 Å². The van der Waals surface area contributed by atoms with Crippen molar-refractivity contribution in [3.63, 3.8) is 0 Å². The zero-order valence-corrected chi connectivity index (χ0v) is 12.5. The molecular formula is C17H20N4O. The van der Waals surface area contributed by atoms with Gasteiger partial charge in [0.2, 0.25) is 0 Å². The van der Waals surface area contributed by atoms with Crippen LogP contribution in [-0.4, -0.2) is 35.5 Å². The molecule has 2 aromatic rings. The molecule has 114 valence electrons. The van der Waals surface area contributed by atoms with Gasteiger partial charge in [0.05, 0.1) is 5.69 Å². The van der Waals surface area contributed by atoms with Gasteiger partial charge in [-0.1, -0.05) is 0 Å². The quantitative estimate of drug-likeness (QED) is 0.917. The molecule has 2 heterocycles. The van der Waals surface area contributed by atoms with Gasteiger partial charge in [0, 0.05) is 55.9 Å². The Labute approximate surface area is 130 Å². The van der Waals surface area contributed by atoms with Crippen LogP contribution in [0.15, 0.2) is 42.9 Å². The Hall–Kier alpha value is -2.43. The summed E-state index contributed by atoms with van der Waals surface area (Å²) in [5.74, 6) is -0.0446. The van der Waals surface area contributed by atoms with E-state index in [0.717, 1.165) is 18.8 Å². The molecule has 1 aromatic heterocycles. The Balaban J connectivity index is 1.51. The van der Waals surface area contributed by atoms with Crippen molar-refractivity contribution in [2.75, 3.05) is 24.5 Å². The van der Waals surface area contributed by atoms with E-state index in [1.54, 1.807) is 18.6 Å². The van der Waals surface area contributed by atoms with E-state index in [1.807, 2.05) is 24.3 Å². The lowest BCUT2D eigenvalue weighted by Crippen LogP contribution is -2.26. The zero-order valence-electron chi connectivity index (χ0n) is 12.5. The van der Waals surface area contributed by atoms with Gasteiger partial charge < -0.3 is 10.2 Å². The number of anilines is 1. The van der Waals surface area contributed by atoms with Crippen LogP contribution in [0.1, 0.15) is 28.9 Å². The summed E-state index contributed by atoms with van der Waals surface area (Å²) in [6.07, 6.45) is 8.22. The maximum absolute atomic E-state index is 12.1. The highest BCUT2D eigenvalue weighted by Crippen LogP contribution is 2.20. The fourth-order valence-corrected chi connectivity index (χ4v) is 2.66. The van der Waals surface area contributed by atoms with Gasteiger partial charge in [-0.25, -0.2) is 0 Å². The monoisotopic (exact) mass is 296 g/mol. The maximum atomic E-state index is 12.1. The molecule has 0 atom stereocenters. The first-order valence-electron chi connectivity index (χ1n) is 7.71. The van der Waals surface area contributed by atoms with Crippen molar-refractivity contribution < 1.29 is 4.79 Å². The van der Waals surface area contributed by atoms with Crippen LogP contribution in [0.3, 0.4) is 0 Å². The van der Waals surface area contributed by atoms with E-state index in [0.29, 0.717) is 18.5 Å². The van der Waals surface area contributed by atoms with E-state index in [2.05, 4.69) is 20.2 Å². The van der Waals surface area contributed by atoms with Gasteiger partial charge in [-0.2, -0.15) is 0 Å². The second-order valence-electron chi connectivity index (χ2n) is 5.44. The van der Waals surface area contributed by atoms with Crippen molar-refractivity contribution in [3.8, 4) is 0 Å². The van der Waals surface area contributed by atoms with E-state index in [1.165, 1.54) is 18.5 Å². The number of aromatic nitrogens is 2. The van der Waals surface area contributed by atoms with Crippen molar-refractivity contribution in [3.05, 3.63) is 54.1 Å². The molecular weight excluding hydrogens is 276 g/mol. The molecule has 1 amide bonds. The minimum atomic E-state index is -0.0446. The number of benzene rings is 1. The lowest BCUT2D eigenvalue weighted by molar-refractivity contribution is 0.0954. The standard InChI is InChI=1S/C17H20N4O/c22-17(20-8-7-15-13-18-9-10-19-15)14-3-5-16(6-4-14)21-11-1-2-12-21/h3-6,9-10,13H,1-2,7-8,11-12H2,(H,20,22). The minimum absolute atomic E-state index is 0.0446. The Bertz CT molecular complexity index is 606. The summed E-state index contributed by atoms with van der Waals surface area (Å²) in [4.78, 5) is 22.7. The average Bonchev–Trinajstić information content (AvgIpc) is 3.10. The molecule has 0 unspecified atom stereocenters. The molecule has 0 saturated carbocycles. The number of carbonyl (C=O) groups is 1. The highest BCUT2D eigenvalue weighted by atomic mass is 16.1. The van der Waals surface area contributed by atoms with Crippen LogP contribution >= 0.6 is 0 Å². The molecule has 3 rings (SSSR count). The number of hydrogen-bond acceptors (Lipinski definition) is 4. The molecule has 1 saturated heterocycles. The number of amides is 1. The first-order valence-corrected chi connectivity index (χ1v) is 7.71. The average molecular weight is 296 g/mol. The molecule has 1 aliphatic rings. The van der Waals surface area contributed by atoms with Crippen molar-refractivity contribution in [1.82, 2.24) is 15.3 Å². The van der Waals surface area contributed by atoms with Gasteiger partial charge in [-0.05, 0) is 37.1 Å². The lowest BCUT2D eigenvalue weighted by Gasteiger charge is -2.17. The van der Waals surface area contributed by atoms with Crippen LogP contribution in [0.4, 0.5) is 5.69 Å². The van der Waals surface area contributed by atoms with Crippen LogP contribution in [0, 0.1) is 0 Å². The Morgan fingerprint density at radius 2 is 1.91 bits per heavy atom. The molecule has 0 radical (unpaired) electrons. The van der Waals surface area contributed by atoms with Crippen LogP contribution in [0.2, 0.25) is 0 Å². The summed E-state index contributed by atoms with van der Waals surface area (Å²) in [5.41, 5.74) is 2.78. The highest BCUT2D eigenvalue weighted by molar-refractivity contribution is 5.94. The third-order valence-corrected chi connectivity index (χ3v) is 3.88. The molecule has 1 N–H and O–H groups in total. The largest absolute Gasteiger partial charge is 0.372 e. The summed E-state index contributed by atoms with van der Waals surface area (Å²) in [6.45, 7) is 2.79. The second-order valence-corrected chi connectivity index (χ2v) is 5.44. The molecule has 5 heteroatoms. The Kier molecular flexibility index (Phi) is 4.63. The molecule has 5 nitrogen and oxygen atoms in total. The SMILES string of the molecule is O=C(NCCc1cnccn1)c1ccc(N2CCCC2)cc1. The van der Waals surface area contributed by atoms with Gasteiger partial charge in [-0.15, -0.1) is 0 Å². The van der Waals surface area contributed by atoms with Gasteiger partial charge >= 0.3 is 0 Å². The van der Waals surface area contributed by atoms with Gasteiger partial charge in [0.25, 0.3) is 5.91 Å². The smallest absolute Gasteiger partial charge is 0.251 e. The fourth-order valence-electron chi connectivity index (χ4n) is 2.66. The Morgan fingerprint density at radius 3 is 2.59 bits per heavy atom. The number of nitrogens with one attached hydrogen (secondary N) is 1. The van der Waals surface area contributed by atoms with E-state index in [4.69, 9.17) is 0 Å². The number of nitrogens with zero attached hydrogens (tertiary/aromatic N) is 3. The van der Waals surface area contributed by atoms with Gasteiger partial charge in [0.1, 0.15) is 0 Å². The van der Waals surface area contributed by atoms with Crippen LogP contribution < -0.4 is 10.2 Å². The number of hydrogen-bond donors (Lipinski definition) is 1. The van der Waals surface area contributed by atoms with E-state index >= 15 is 0 Å². The molecule has 1 fully saturated rings. The predicted octanol–water partition coefficient (Wildman–Crippen LogP) is 2.05. The highest BCUT2D eigenvalue weighted by Gasteiger charge is 2.12. The first kappa shape index (κ1) is 14.5. The normalized spacial score (nSPS) is 14.1. The summed E-state index contributed by atoms with van der Waals surface area (Å²) >= 11 is 0. The number of rotatable bonds is 5. The summed E-state index contributed by atoms with van der Waals surface area (Å²) in [7, 11) is 0. The molecule has 22 heavy (non-hydrogen) atoms. The lowest BCUT2D eigenvalue weighted by atomic mass is 10.2. The topological polar surface area (TPSA) is 58.1 Å². The van der Waals surface area contributed by atoms with Crippen LogP contribution in [0.5, 0.6) is 0 Å². The summed E-state index contributed by atoms with van der Waals surface area (Å²) in [6, 6.07) is 7.85. The van der Waals surface area contributed by atoms with Crippen molar-refractivity contribution in [2.45, 2.75) is 19.3 Å². The molecule has 0 spiro atoms. The molecule has 0 bridgehead atoms. The van der Waals surface area contributed by atoms with Crippen molar-refractivity contribution >= 4 is 11.6 Å². The number of carbonyl (C=O) groups excluding carboxylic acids is 1. The molecule has 0 aliphatic carbocycles. The third-order valence-electron chi connectivity index (χ3n) is 3.88. The molecule has 1 aliphatic heterocycles. The molecule has 1 aromatic carbocycles. The Morgan fingerprint density at radius 1 is 1.14 bits per heavy atom. The minimum Gasteiger partial charge on any atom is -0.372 e. The third kappa shape index (κ3) is 3.61. The first-order chi connectivity index (χ1) is 10.8. The maximum Gasteiger partial charge on any atom is 0.251 e. The van der Waals surface area contributed by atoms with Crippen LogP contribution in [-0.2, 0) is 6.42 Å². The summed E-state index contributed by atoms with van der Waals surface area (Å²) < 4.78 is 0. The summed E-state index contributed by atoms with van der Waals surface area (Å²) in [5, 5.41) is 2.92. The van der Waals surface area contributed by atoms with Crippen molar-refractivity contribution in [1.29, 1.82) is 0 Å². The zero-order chi connectivity index (χ0) is 15.2. The van der Waals surface area contributed by atoms with Gasteiger partial charge in [-0.3, -0.25) is 14.8 Å². The fraction of sp³-hybridized carbons (Fsp3) is 0.353.